The van der Waals surface area contributed by atoms with Gasteiger partial charge >= 0.3 is 0 Å². The number of aromatic amines is 1. The summed E-state index contributed by atoms with van der Waals surface area (Å²) in [7, 11) is 1.94. The first-order chi connectivity index (χ1) is 7.31. The van der Waals surface area contributed by atoms with Crippen molar-refractivity contribution in [1.82, 2.24) is 15.5 Å². The standard InChI is InChI=1S/C12H15N3/c1-9-6-12-11(8-14-15-12)7-10(9)4-3-5-13-2/h3-4,6-8,13H,5H2,1-2H3,(H,14,15). The third-order valence-electron chi connectivity index (χ3n) is 2.45. The van der Waals surface area contributed by atoms with E-state index in [0.29, 0.717) is 0 Å². The van der Waals surface area contributed by atoms with Crippen LogP contribution >= 0.6 is 0 Å². The topological polar surface area (TPSA) is 40.7 Å². The van der Waals surface area contributed by atoms with E-state index in [1.165, 1.54) is 11.1 Å². The summed E-state index contributed by atoms with van der Waals surface area (Å²) in [4.78, 5) is 0. The fraction of sp³-hybridized carbons (Fsp3) is 0.250. The summed E-state index contributed by atoms with van der Waals surface area (Å²) in [6, 6.07) is 4.28. The largest absolute Gasteiger partial charge is 0.316 e. The van der Waals surface area contributed by atoms with Crippen LogP contribution in [0.2, 0.25) is 0 Å². The highest BCUT2D eigenvalue weighted by Crippen LogP contribution is 2.18. The predicted molar refractivity (Wildman–Crippen MR) is 63.8 cm³/mol. The average Bonchev–Trinajstić information content (AvgIpc) is 2.65. The van der Waals surface area contributed by atoms with Crippen molar-refractivity contribution in [2.24, 2.45) is 0 Å². The molecule has 1 aromatic heterocycles. The summed E-state index contributed by atoms with van der Waals surface area (Å²) in [5.41, 5.74) is 3.61. The highest BCUT2D eigenvalue weighted by Gasteiger charge is 1.99. The zero-order valence-electron chi connectivity index (χ0n) is 9.04. The Morgan fingerprint density at radius 3 is 3.13 bits per heavy atom. The monoisotopic (exact) mass is 201 g/mol. The summed E-state index contributed by atoms with van der Waals surface area (Å²) in [6.45, 7) is 3.00. The lowest BCUT2D eigenvalue weighted by atomic mass is 10.1. The Morgan fingerprint density at radius 2 is 2.33 bits per heavy atom. The molecular weight excluding hydrogens is 186 g/mol. The van der Waals surface area contributed by atoms with Crippen LogP contribution in [-0.4, -0.2) is 23.8 Å². The van der Waals surface area contributed by atoms with Gasteiger partial charge in [0.2, 0.25) is 0 Å². The Hall–Kier alpha value is -1.61. The number of H-pyrrole nitrogens is 1. The van der Waals surface area contributed by atoms with Crippen LogP contribution in [0.4, 0.5) is 0 Å². The second kappa shape index (κ2) is 4.28. The van der Waals surface area contributed by atoms with E-state index in [0.717, 1.165) is 17.4 Å². The number of hydrogen-bond donors (Lipinski definition) is 2. The Labute approximate surface area is 89.2 Å². The Kier molecular flexibility index (Phi) is 2.83. The molecule has 0 bridgehead atoms. The molecule has 0 saturated heterocycles. The third-order valence-corrected chi connectivity index (χ3v) is 2.45. The zero-order chi connectivity index (χ0) is 10.7. The first-order valence-electron chi connectivity index (χ1n) is 5.06. The number of nitrogens with zero attached hydrogens (tertiary/aromatic N) is 1. The maximum absolute atomic E-state index is 4.02. The Morgan fingerprint density at radius 1 is 1.47 bits per heavy atom. The molecule has 0 spiro atoms. The van der Waals surface area contributed by atoms with E-state index < -0.39 is 0 Å². The van der Waals surface area contributed by atoms with Gasteiger partial charge in [-0.25, -0.2) is 0 Å². The quantitative estimate of drug-likeness (QED) is 0.798. The average molecular weight is 201 g/mol. The maximum atomic E-state index is 4.02. The Bertz CT molecular complexity index is 483. The van der Waals surface area contributed by atoms with Crippen LogP contribution in [0.1, 0.15) is 11.1 Å². The van der Waals surface area contributed by atoms with Crippen molar-refractivity contribution in [3.63, 3.8) is 0 Å². The highest BCUT2D eigenvalue weighted by molar-refractivity contribution is 5.82. The predicted octanol–water partition coefficient (Wildman–Crippen LogP) is 2.10. The van der Waals surface area contributed by atoms with Gasteiger partial charge < -0.3 is 5.32 Å². The molecule has 2 rings (SSSR count). The number of likely N-dealkylation sites (N-methyl/N-ethyl adjacent to an activating group) is 1. The molecule has 3 heteroatoms. The van der Waals surface area contributed by atoms with Crippen LogP contribution in [0, 0.1) is 6.92 Å². The summed E-state index contributed by atoms with van der Waals surface area (Å²) >= 11 is 0. The summed E-state index contributed by atoms with van der Waals surface area (Å²) < 4.78 is 0. The molecule has 2 N–H and O–H groups in total. The van der Waals surface area contributed by atoms with Gasteiger partial charge in [-0.3, -0.25) is 5.10 Å². The van der Waals surface area contributed by atoms with Crippen LogP contribution in [0.15, 0.2) is 24.4 Å². The van der Waals surface area contributed by atoms with E-state index >= 15 is 0 Å². The molecule has 0 aliphatic heterocycles. The van der Waals surface area contributed by atoms with Gasteiger partial charge in [0, 0.05) is 11.9 Å². The SMILES string of the molecule is CNCC=Cc1cc2cn[nH]c2cc1C. The molecule has 0 atom stereocenters. The van der Waals surface area contributed by atoms with E-state index in [9.17, 15) is 0 Å². The molecule has 0 amide bonds. The van der Waals surface area contributed by atoms with E-state index in [1.54, 1.807) is 0 Å². The molecule has 0 unspecified atom stereocenters. The zero-order valence-corrected chi connectivity index (χ0v) is 9.04. The molecule has 0 radical (unpaired) electrons. The van der Waals surface area contributed by atoms with Crippen molar-refractivity contribution in [3.05, 3.63) is 35.5 Å². The highest BCUT2D eigenvalue weighted by atomic mass is 15.1. The van der Waals surface area contributed by atoms with Crippen molar-refractivity contribution in [2.45, 2.75) is 6.92 Å². The molecule has 3 nitrogen and oxygen atoms in total. The van der Waals surface area contributed by atoms with Gasteiger partial charge in [-0.15, -0.1) is 0 Å². The number of benzene rings is 1. The molecule has 2 aromatic rings. The van der Waals surface area contributed by atoms with Gasteiger partial charge in [0.25, 0.3) is 0 Å². The van der Waals surface area contributed by atoms with Crippen LogP contribution < -0.4 is 5.32 Å². The molecule has 1 heterocycles. The number of hydrogen-bond acceptors (Lipinski definition) is 2. The normalized spacial score (nSPS) is 11.6. The lowest BCUT2D eigenvalue weighted by Crippen LogP contribution is -2.03. The minimum absolute atomic E-state index is 0.892. The fourth-order valence-corrected chi connectivity index (χ4v) is 1.60. The first kappa shape index (κ1) is 9.93. The van der Waals surface area contributed by atoms with Crippen LogP contribution in [0.3, 0.4) is 0 Å². The van der Waals surface area contributed by atoms with E-state index in [1.807, 2.05) is 13.2 Å². The molecule has 0 aliphatic rings. The molecule has 1 aromatic carbocycles. The minimum Gasteiger partial charge on any atom is -0.316 e. The maximum Gasteiger partial charge on any atom is 0.0653 e. The minimum atomic E-state index is 0.892. The smallest absolute Gasteiger partial charge is 0.0653 e. The van der Waals surface area contributed by atoms with Gasteiger partial charge in [-0.2, -0.15) is 5.10 Å². The van der Waals surface area contributed by atoms with Crippen LogP contribution in [0.5, 0.6) is 0 Å². The van der Waals surface area contributed by atoms with Gasteiger partial charge in [0.1, 0.15) is 0 Å². The lowest BCUT2D eigenvalue weighted by Gasteiger charge is -2.00. The molecule has 78 valence electrons. The number of fused-ring (bicyclic) bond motifs is 1. The molecule has 0 aliphatic carbocycles. The molecule has 0 saturated carbocycles. The van der Waals surface area contributed by atoms with Crippen LogP contribution in [-0.2, 0) is 0 Å². The number of aryl methyl sites for hydroxylation is 1. The molecular formula is C12H15N3. The second-order valence-corrected chi connectivity index (χ2v) is 3.63. The summed E-state index contributed by atoms with van der Waals surface area (Å²) in [6.07, 6.45) is 6.11. The van der Waals surface area contributed by atoms with Crippen molar-refractivity contribution in [2.75, 3.05) is 13.6 Å². The van der Waals surface area contributed by atoms with Crippen molar-refractivity contribution in [3.8, 4) is 0 Å². The third kappa shape index (κ3) is 2.07. The number of nitrogens with one attached hydrogen (secondary N) is 2. The summed E-state index contributed by atoms with van der Waals surface area (Å²) in [5.74, 6) is 0. The van der Waals surface area contributed by atoms with Crippen molar-refractivity contribution >= 4 is 17.0 Å². The van der Waals surface area contributed by atoms with Crippen molar-refractivity contribution < 1.29 is 0 Å². The summed E-state index contributed by atoms with van der Waals surface area (Å²) in [5, 5.41) is 11.2. The van der Waals surface area contributed by atoms with Gasteiger partial charge in [0.15, 0.2) is 0 Å². The second-order valence-electron chi connectivity index (χ2n) is 3.63. The van der Waals surface area contributed by atoms with Gasteiger partial charge in [-0.05, 0) is 37.2 Å². The van der Waals surface area contributed by atoms with E-state index in [-0.39, 0.29) is 0 Å². The number of rotatable bonds is 3. The van der Waals surface area contributed by atoms with E-state index in [4.69, 9.17) is 0 Å². The first-order valence-corrected chi connectivity index (χ1v) is 5.06. The lowest BCUT2D eigenvalue weighted by molar-refractivity contribution is 0.922. The van der Waals surface area contributed by atoms with Gasteiger partial charge in [-0.1, -0.05) is 12.2 Å². The van der Waals surface area contributed by atoms with Gasteiger partial charge in [0.05, 0.1) is 11.7 Å². The van der Waals surface area contributed by atoms with Crippen LogP contribution in [0.25, 0.3) is 17.0 Å². The molecule has 15 heavy (non-hydrogen) atoms. The van der Waals surface area contributed by atoms with E-state index in [2.05, 4.69) is 46.7 Å². The number of aromatic nitrogens is 2. The fourth-order valence-electron chi connectivity index (χ4n) is 1.60. The Balaban J connectivity index is 2.37. The van der Waals surface area contributed by atoms with Crippen molar-refractivity contribution in [1.29, 1.82) is 0 Å². The molecule has 0 fully saturated rings.